The van der Waals surface area contributed by atoms with Gasteiger partial charge in [-0.3, -0.25) is 0 Å². The van der Waals surface area contributed by atoms with Gasteiger partial charge in [0.15, 0.2) is 18.9 Å². The van der Waals surface area contributed by atoms with Gasteiger partial charge in [-0.1, -0.05) is 0 Å². The summed E-state index contributed by atoms with van der Waals surface area (Å²) in [4.78, 5) is 0. The van der Waals surface area contributed by atoms with Gasteiger partial charge in [0.05, 0.1) is 24.9 Å². The Morgan fingerprint density at radius 2 is 1.20 bits per heavy atom. The van der Waals surface area contributed by atoms with E-state index in [0.717, 1.165) is 0 Å². The lowest BCUT2D eigenvalue weighted by Crippen LogP contribution is -2.65. The van der Waals surface area contributed by atoms with Crippen LogP contribution in [0, 0.1) is 0 Å². The topological polar surface area (TPSA) is 327 Å². The maximum Gasteiger partial charge on any atom is 0.187 e. The lowest BCUT2D eigenvalue weighted by atomic mass is 9.84. The van der Waals surface area contributed by atoms with Crippen molar-refractivity contribution in [3.63, 3.8) is 0 Å². The van der Waals surface area contributed by atoms with Crippen LogP contribution in [0.5, 0.6) is 0 Å². The molecule has 4 fully saturated rings. The summed E-state index contributed by atoms with van der Waals surface area (Å²) in [5.41, 5.74) is 29.6. The molecule has 0 radical (unpaired) electrons. The number of hydrogen-bond acceptors (Lipinski definition) is 18. The third-order valence-corrected chi connectivity index (χ3v) is 8.18. The van der Waals surface area contributed by atoms with Crippen LogP contribution in [0.2, 0.25) is 0 Å². The van der Waals surface area contributed by atoms with Crippen LogP contribution >= 0.6 is 0 Å². The molecule has 17 N–H and O–H groups in total. The summed E-state index contributed by atoms with van der Waals surface area (Å²) in [5.74, 6) is 0. The molecule has 4 rings (SSSR count). The van der Waals surface area contributed by atoms with Crippen LogP contribution in [0.1, 0.15) is 12.8 Å². The van der Waals surface area contributed by atoms with Crippen molar-refractivity contribution in [1.29, 1.82) is 0 Å². The first-order valence-corrected chi connectivity index (χ1v) is 13.7. The van der Waals surface area contributed by atoms with E-state index in [9.17, 15) is 35.7 Å². The fourth-order valence-electron chi connectivity index (χ4n) is 5.69. The normalized spacial score (nSPS) is 53.0. The van der Waals surface area contributed by atoms with Crippen LogP contribution in [-0.2, 0) is 28.4 Å². The third-order valence-electron chi connectivity index (χ3n) is 8.18. The quantitative estimate of drug-likeness (QED) is 0.117. The van der Waals surface area contributed by atoms with Gasteiger partial charge in [-0.25, -0.2) is 0 Å². The first-order valence-electron chi connectivity index (χ1n) is 13.7. The van der Waals surface area contributed by atoms with Crippen molar-refractivity contribution in [3.8, 4) is 0 Å². The van der Waals surface area contributed by atoms with E-state index in [1.165, 1.54) is 0 Å². The molecular formula is C23H45N5O13. The number of aliphatic hydroxyl groups excluding tert-OH is 7. The maximum absolute atomic E-state index is 11.1. The van der Waals surface area contributed by atoms with Gasteiger partial charge >= 0.3 is 0 Å². The van der Waals surface area contributed by atoms with E-state index in [2.05, 4.69) is 0 Å². The number of hydrogen-bond donors (Lipinski definition) is 12. The van der Waals surface area contributed by atoms with Gasteiger partial charge in [-0.05, 0) is 6.42 Å². The molecule has 4 aliphatic rings. The fourth-order valence-corrected chi connectivity index (χ4v) is 5.69. The molecule has 3 heterocycles. The molecule has 6 unspecified atom stereocenters. The summed E-state index contributed by atoms with van der Waals surface area (Å²) < 4.78 is 34.7. The van der Waals surface area contributed by atoms with Crippen LogP contribution in [-0.4, -0.2) is 166 Å². The Kier molecular flexibility index (Phi) is 11.3. The number of rotatable bonds is 9. The second kappa shape index (κ2) is 13.9. The molecule has 1 aliphatic carbocycles. The molecular weight excluding hydrogens is 554 g/mol. The van der Waals surface area contributed by atoms with Crippen LogP contribution in [0.25, 0.3) is 0 Å². The van der Waals surface area contributed by atoms with Crippen LogP contribution in [0.15, 0.2) is 0 Å². The highest BCUT2D eigenvalue weighted by molar-refractivity contribution is 5.01. The Bertz CT molecular complexity index is 837. The molecule has 240 valence electrons. The molecule has 0 spiro atoms. The number of nitrogens with two attached hydrogens (primary N) is 5. The molecule has 1 saturated carbocycles. The molecule has 18 nitrogen and oxygen atoms in total. The van der Waals surface area contributed by atoms with Gasteiger partial charge in [0.2, 0.25) is 0 Å². The zero-order chi connectivity index (χ0) is 30.2. The van der Waals surface area contributed by atoms with Gasteiger partial charge in [0, 0.05) is 31.6 Å². The summed E-state index contributed by atoms with van der Waals surface area (Å²) >= 11 is 0. The van der Waals surface area contributed by atoms with Gasteiger partial charge in [0.25, 0.3) is 0 Å². The van der Waals surface area contributed by atoms with Crippen molar-refractivity contribution in [2.24, 2.45) is 28.7 Å². The molecule has 18 atom stereocenters. The monoisotopic (exact) mass is 599 g/mol. The molecule has 18 heteroatoms. The highest BCUT2D eigenvalue weighted by Crippen LogP contribution is 2.34. The van der Waals surface area contributed by atoms with Crippen molar-refractivity contribution >= 4 is 0 Å². The van der Waals surface area contributed by atoms with E-state index in [-0.39, 0.29) is 25.9 Å². The Morgan fingerprint density at radius 1 is 0.585 bits per heavy atom. The first-order chi connectivity index (χ1) is 19.4. The van der Waals surface area contributed by atoms with Crippen LogP contribution in [0.3, 0.4) is 0 Å². The number of aliphatic hydroxyl groups is 7. The summed E-state index contributed by atoms with van der Waals surface area (Å²) in [6.45, 7) is -0.875. The van der Waals surface area contributed by atoms with Crippen molar-refractivity contribution in [2.45, 2.75) is 123 Å². The molecule has 0 aromatic heterocycles. The first kappa shape index (κ1) is 33.2. The molecule has 0 bridgehead atoms. The average molecular weight is 600 g/mol. The lowest BCUT2D eigenvalue weighted by molar-refractivity contribution is -0.302. The zero-order valence-corrected chi connectivity index (χ0v) is 22.4. The van der Waals surface area contributed by atoms with E-state index >= 15 is 0 Å². The maximum atomic E-state index is 11.1. The second-order valence-electron chi connectivity index (χ2n) is 11.0. The van der Waals surface area contributed by atoms with E-state index in [4.69, 9.17) is 57.1 Å². The van der Waals surface area contributed by atoms with Gasteiger partial charge < -0.3 is 92.8 Å². The lowest BCUT2D eigenvalue weighted by Gasteiger charge is -2.45. The fraction of sp³-hybridized carbons (Fsp3) is 1.00. The predicted molar refractivity (Wildman–Crippen MR) is 135 cm³/mol. The van der Waals surface area contributed by atoms with Crippen LogP contribution in [0.4, 0.5) is 0 Å². The van der Waals surface area contributed by atoms with Gasteiger partial charge in [-0.2, -0.15) is 0 Å². The minimum absolute atomic E-state index is 0.0926. The van der Waals surface area contributed by atoms with E-state index < -0.39 is 117 Å². The second-order valence-corrected chi connectivity index (χ2v) is 11.0. The minimum atomic E-state index is -1.57. The Labute approximate surface area is 236 Å². The summed E-state index contributed by atoms with van der Waals surface area (Å²) in [5, 5.41) is 72.7. The largest absolute Gasteiger partial charge is 0.394 e. The summed E-state index contributed by atoms with van der Waals surface area (Å²) in [6, 6.07) is -2.84. The third kappa shape index (κ3) is 6.85. The Balaban J connectivity index is 1.47. The summed E-state index contributed by atoms with van der Waals surface area (Å²) in [6.07, 6.45) is -18.7. The molecule has 3 aliphatic heterocycles. The Morgan fingerprint density at radius 3 is 1.83 bits per heavy atom. The van der Waals surface area contributed by atoms with Crippen molar-refractivity contribution in [3.05, 3.63) is 0 Å². The average Bonchev–Trinajstić information content (AvgIpc) is 3.24. The van der Waals surface area contributed by atoms with Gasteiger partial charge in [-0.15, -0.1) is 0 Å². The van der Waals surface area contributed by atoms with E-state index in [1.54, 1.807) is 0 Å². The smallest absolute Gasteiger partial charge is 0.187 e. The van der Waals surface area contributed by atoms with E-state index in [0.29, 0.717) is 0 Å². The predicted octanol–water partition coefficient (Wildman–Crippen LogP) is -7.83. The standard InChI is InChI=1S/C23H45N5O13/c24-3-9-15(32)8(30)2-12(36-9)39-19-7(27)1-6(26)14(31)21(19)41-23-18(35)20(11(5-29)38-23)40-22-13(28)17(34)16(33)10(4-25)37-22/h6-23,29-35H,1-5,24-28H2/t6-,7?,8-,9?,10?,11-,12-,13?,14?,15+,16-,17+,18?,19-,20+,21-,22-,23+/m1/s1. The molecule has 0 amide bonds. The molecule has 0 aromatic carbocycles. The number of ether oxygens (including phenoxy) is 6. The van der Waals surface area contributed by atoms with E-state index in [1.807, 2.05) is 0 Å². The molecule has 41 heavy (non-hydrogen) atoms. The van der Waals surface area contributed by atoms with Crippen LogP contribution < -0.4 is 28.7 Å². The van der Waals surface area contributed by atoms with Crippen molar-refractivity contribution in [1.82, 2.24) is 0 Å². The van der Waals surface area contributed by atoms with Gasteiger partial charge in [0.1, 0.15) is 61.0 Å². The highest BCUT2D eigenvalue weighted by Gasteiger charge is 2.53. The molecule has 0 aromatic rings. The SMILES string of the molecule is NCC1O[C@H](O[C@@H]2C(N)C[C@@H](N)C(O)[C@H]2O[C@@H]2O[C@H](CO)[C@H](O[C@H]3OC(CN)[C@@H](O)[C@@H](O)C3N)C2O)C[C@@H](O)[C@@H]1O. The molecule has 3 saturated heterocycles. The summed E-state index contributed by atoms with van der Waals surface area (Å²) in [7, 11) is 0. The van der Waals surface area contributed by atoms with Crippen molar-refractivity contribution in [2.75, 3.05) is 19.7 Å². The van der Waals surface area contributed by atoms with Crippen molar-refractivity contribution < 1.29 is 64.2 Å². The highest BCUT2D eigenvalue weighted by atomic mass is 16.8. The zero-order valence-electron chi connectivity index (χ0n) is 22.4. The minimum Gasteiger partial charge on any atom is -0.394 e. The Hall–Kier alpha value is -0.720.